The molecule has 1 N–H and O–H groups in total. The van der Waals surface area contributed by atoms with Gasteiger partial charge in [0.2, 0.25) is 0 Å². The SMILES string of the molecule is COC(=CC=O)[C@H]1CC[C@H]2[C@@H]3CC[C@H]4C[C@H](O)CC[C@]4(C)[C@H]3C(=O)C[C@]12C. The summed E-state index contributed by atoms with van der Waals surface area (Å²) in [5, 5.41) is 10.2. The predicted molar refractivity (Wildman–Crippen MR) is 103 cm³/mol. The molecule has 0 aromatic heterocycles. The van der Waals surface area contributed by atoms with Crippen LogP contribution >= 0.6 is 0 Å². The number of carbonyl (C=O) groups is 2. The monoisotopic (exact) mass is 374 g/mol. The second kappa shape index (κ2) is 6.72. The van der Waals surface area contributed by atoms with Gasteiger partial charge < -0.3 is 9.84 Å². The van der Waals surface area contributed by atoms with E-state index in [0.29, 0.717) is 30.0 Å². The minimum absolute atomic E-state index is 0.0569. The summed E-state index contributed by atoms with van der Waals surface area (Å²) in [6, 6.07) is 0. The van der Waals surface area contributed by atoms with E-state index >= 15 is 0 Å². The number of methoxy groups -OCH3 is 1. The second-order valence-corrected chi connectivity index (χ2v) is 10.1. The Morgan fingerprint density at radius 2 is 1.93 bits per heavy atom. The number of allylic oxidation sites excluding steroid dienone is 2. The quantitative estimate of drug-likeness (QED) is 0.462. The summed E-state index contributed by atoms with van der Waals surface area (Å²) in [5.74, 6) is 2.96. The van der Waals surface area contributed by atoms with Gasteiger partial charge in [-0.3, -0.25) is 9.59 Å². The van der Waals surface area contributed by atoms with Crippen LogP contribution in [0.4, 0.5) is 0 Å². The lowest BCUT2D eigenvalue weighted by Crippen LogP contribution is -2.57. The third kappa shape index (κ3) is 2.73. The van der Waals surface area contributed by atoms with Gasteiger partial charge in [0.15, 0.2) is 0 Å². The molecule has 0 bridgehead atoms. The van der Waals surface area contributed by atoms with Crippen LogP contribution in [0, 0.1) is 40.4 Å². The Labute approximate surface area is 162 Å². The van der Waals surface area contributed by atoms with Crippen LogP contribution in [-0.4, -0.2) is 30.4 Å². The Morgan fingerprint density at radius 3 is 2.63 bits per heavy atom. The normalized spacial score (nSPS) is 49.8. The molecule has 27 heavy (non-hydrogen) atoms. The largest absolute Gasteiger partial charge is 0.501 e. The molecule has 0 spiro atoms. The molecule has 4 aliphatic carbocycles. The maximum Gasteiger partial charge on any atom is 0.146 e. The van der Waals surface area contributed by atoms with Crippen molar-refractivity contribution in [3.63, 3.8) is 0 Å². The van der Waals surface area contributed by atoms with Crippen molar-refractivity contribution < 1.29 is 19.4 Å². The lowest BCUT2D eigenvalue weighted by atomic mass is 9.44. The molecule has 150 valence electrons. The van der Waals surface area contributed by atoms with E-state index in [2.05, 4.69) is 13.8 Å². The van der Waals surface area contributed by atoms with Gasteiger partial charge in [-0.2, -0.15) is 0 Å². The average Bonchev–Trinajstić information content (AvgIpc) is 2.96. The fourth-order valence-electron chi connectivity index (χ4n) is 7.91. The maximum atomic E-state index is 13.5. The van der Waals surface area contributed by atoms with E-state index in [-0.39, 0.29) is 28.8 Å². The number of aliphatic hydroxyl groups is 1. The van der Waals surface area contributed by atoms with E-state index < -0.39 is 0 Å². The molecule has 0 unspecified atom stereocenters. The Bertz CT molecular complexity index is 655. The molecular weight excluding hydrogens is 340 g/mol. The number of ketones is 1. The van der Waals surface area contributed by atoms with Crippen LogP contribution in [0.2, 0.25) is 0 Å². The number of aliphatic hydroxyl groups excluding tert-OH is 1. The number of carbonyl (C=O) groups excluding carboxylic acids is 2. The smallest absolute Gasteiger partial charge is 0.146 e. The zero-order chi connectivity index (χ0) is 19.4. The third-order valence-corrected chi connectivity index (χ3v) is 9.13. The Hall–Kier alpha value is -1.16. The van der Waals surface area contributed by atoms with Gasteiger partial charge in [-0.1, -0.05) is 13.8 Å². The molecule has 0 amide bonds. The molecule has 0 radical (unpaired) electrons. The Morgan fingerprint density at radius 1 is 1.15 bits per heavy atom. The van der Waals surface area contributed by atoms with Gasteiger partial charge in [0.1, 0.15) is 17.8 Å². The van der Waals surface area contributed by atoms with Crippen LogP contribution in [0.1, 0.15) is 65.2 Å². The average molecular weight is 375 g/mol. The lowest BCUT2D eigenvalue weighted by molar-refractivity contribution is -0.161. The molecular formula is C23H34O4. The van der Waals surface area contributed by atoms with Crippen LogP contribution in [-0.2, 0) is 14.3 Å². The summed E-state index contributed by atoms with van der Waals surface area (Å²) >= 11 is 0. The predicted octanol–water partition coefficient (Wildman–Crippen LogP) is 3.91. The molecule has 4 aliphatic rings. The van der Waals surface area contributed by atoms with Crippen molar-refractivity contribution in [3.8, 4) is 0 Å². The van der Waals surface area contributed by atoms with E-state index in [1.165, 1.54) is 0 Å². The van der Waals surface area contributed by atoms with Crippen molar-refractivity contribution in [1.82, 2.24) is 0 Å². The van der Waals surface area contributed by atoms with Crippen molar-refractivity contribution in [3.05, 3.63) is 11.8 Å². The van der Waals surface area contributed by atoms with Crippen LogP contribution in [0.5, 0.6) is 0 Å². The highest BCUT2D eigenvalue weighted by molar-refractivity contribution is 5.84. The first-order valence-corrected chi connectivity index (χ1v) is 10.7. The molecule has 0 aliphatic heterocycles. The Balaban J connectivity index is 1.66. The molecule has 0 aromatic rings. The van der Waals surface area contributed by atoms with Gasteiger partial charge in [-0.15, -0.1) is 0 Å². The van der Waals surface area contributed by atoms with Crippen LogP contribution in [0.25, 0.3) is 0 Å². The molecule has 4 nitrogen and oxygen atoms in total. The molecule has 0 aromatic carbocycles. The van der Waals surface area contributed by atoms with E-state index in [0.717, 1.165) is 57.0 Å². The van der Waals surface area contributed by atoms with Crippen molar-refractivity contribution in [1.29, 1.82) is 0 Å². The maximum absolute atomic E-state index is 13.5. The summed E-state index contributed by atoms with van der Waals surface area (Å²) in [4.78, 5) is 24.6. The number of hydrogen-bond acceptors (Lipinski definition) is 4. The van der Waals surface area contributed by atoms with Crippen LogP contribution in [0.15, 0.2) is 11.8 Å². The zero-order valence-electron chi connectivity index (χ0n) is 16.9. The first-order valence-electron chi connectivity index (χ1n) is 10.7. The van der Waals surface area contributed by atoms with Crippen molar-refractivity contribution in [2.45, 2.75) is 71.3 Å². The van der Waals surface area contributed by atoms with Crippen molar-refractivity contribution >= 4 is 12.1 Å². The first-order chi connectivity index (χ1) is 12.8. The fraction of sp³-hybridized carbons (Fsp3) is 0.826. The molecule has 4 rings (SSSR count). The molecule has 4 fully saturated rings. The number of fused-ring (bicyclic) bond motifs is 5. The lowest BCUT2D eigenvalue weighted by Gasteiger charge is -2.59. The third-order valence-electron chi connectivity index (χ3n) is 9.13. The molecule has 4 heteroatoms. The minimum atomic E-state index is -0.183. The van der Waals surface area contributed by atoms with Gasteiger partial charge in [0.05, 0.1) is 13.2 Å². The highest BCUT2D eigenvalue weighted by Gasteiger charge is 2.63. The van der Waals surface area contributed by atoms with Gasteiger partial charge in [0, 0.05) is 24.3 Å². The van der Waals surface area contributed by atoms with E-state index in [4.69, 9.17) is 4.74 Å². The van der Waals surface area contributed by atoms with Crippen LogP contribution < -0.4 is 0 Å². The van der Waals surface area contributed by atoms with Crippen molar-refractivity contribution in [2.24, 2.45) is 40.4 Å². The number of rotatable bonds is 3. The highest BCUT2D eigenvalue weighted by atomic mass is 16.5. The summed E-state index contributed by atoms with van der Waals surface area (Å²) < 4.78 is 5.57. The molecule has 0 heterocycles. The summed E-state index contributed by atoms with van der Waals surface area (Å²) in [6.07, 6.45) is 9.84. The molecule has 8 atom stereocenters. The second-order valence-electron chi connectivity index (χ2n) is 10.1. The minimum Gasteiger partial charge on any atom is -0.501 e. The molecule has 0 saturated heterocycles. The number of Topliss-reactive ketones (excluding diaryl/α,β-unsaturated/α-hetero) is 1. The number of hydrogen-bond donors (Lipinski definition) is 1. The summed E-state index contributed by atoms with van der Waals surface area (Å²) in [5.41, 5.74) is -0.0398. The van der Waals surface area contributed by atoms with E-state index in [1.807, 2.05) is 0 Å². The standard InChI is InChI=1S/C23H34O4/c1-22-10-8-15(25)12-14(22)4-5-16-17-6-7-18(20(27-3)9-11-24)23(17,2)13-19(26)21(16)22/h9,11,14-18,21,25H,4-8,10,12-13H2,1-3H3/t14-,15+,16-,17-,18+,21+,22-,23-/m0/s1. The van der Waals surface area contributed by atoms with Gasteiger partial charge in [0.25, 0.3) is 0 Å². The summed E-state index contributed by atoms with van der Waals surface area (Å²) in [6.45, 7) is 4.60. The number of ether oxygens (including phenoxy) is 1. The Kier molecular flexibility index (Phi) is 4.77. The fourth-order valence-corrected chi connectivity index (χ4v) is 7.91. The summed E-state index contributed by atoms with van der Waals surface area (Å²) in [7, 11) is 1.64. The van der Waals surface area contributed by atoms with Gasteiger partial charge in [-0.25, -0.2) is 0 Å². The highest BCUT2D eigenvalue weighted by Crippen LogP contribution is 2.67. The zero-order valence-corrected chi connectivity index (χ0v) is 16.9. The molecule has 4 saturated carbocycles. The van der Waals surface area contributed by atoms with Gasteiger partial charge in [-0.05, 0) is 73.5 Å². The van der Waals surface area contributed by atoms with E-state index in [1.54, 1.807) is 13.2 Å². The topological polar surface area (TPSA) is 63.6 Å². The van der Waals surface area contributed by atoms with Crippen LogP contribution in [0.3, 0.4) is 0 Å². The van der Waals surface area contributed by atoms with E-state index in [9.17, 15) is 14.7 Å². The van der Waals surface area contributed by atoms with Crippen molar-refractivity contribution in [2.75, 3.05) is 7.11 Å². The van der Waals surface area contributed by atoms with Gasteiger partial charge >= 0.3 is 0 Å². The first kappa shape index (κ1) is 19.2. The number of aldehydes is 1.